The highest BCUT2D eigenvalue weighted by Gasteiger charge is 2.47. The summed E-state index contributed by atoms with van der Waals surface area (Å²) in [7, 11) is 1.43. The van der Waals surface area contributed by atoms with Gasteiger partial charge in [-0.3, -0.25) is 0 Å². The molecule has 2 aliphatic heterocycles. The summed E-state index contributed by atoms with van der Waals surface area (Å²) < 4.78 is 64.2. The van der Waals surface area contributed by atoms with Gasteiger partial charge in [0.2, 0.25) is 0 Å². The monoisotopic (exact) mass is 496 g/mol. The van der Waals surface area contributed by atoms with Gasteiger partial charge in [0.1, 0.15) is 35.8 Å². The SMILES string of the molecule is CO[C@@H]1[C@@H](n2cc(-c3cc(F)c(F)c(F)c3)nn2)[C@@H](O)[C@@H](CO)O[C@@H]1Cc1cc(C2COC2)on1. The number of benzene rings is 1. The molecule has 5 rings (SSSR count). The van der Waals surface area contributed by atoms with Crippen molar-refractivity contribution < 1.29 is 42.1 Å². The van der Waals surface area contributed by atoms with Gasteiger partial charge < -0.3 is 28.9 Å². The van der Waals surface area contributed by atoms with E-state index >= 15 is 0 Å². The van der Waals surface area contributed by atoms with E-state index in [1.807, 2.05) is 6.07 Å². The first kappa shape index (κ1) is 23.9. The molecule has 188 valence electrons. The van der Waals surface area contributed by atoms with Crippen molar-refractivity contribution in [3.8, 4) is 11.3 Å². The van der Waals surface area contributed by atoms with Crippen LogP contribution in [0.1, 0.15) is 23.4 Å². The summed E-state index contributed by atoms with van der Waals surface area (Å²) in [6.45, 7) is 0.642. The number of rotatable bonds is 7. The Morgan fingerprint density at radius 1 is 1.14 bits per heavy atom. The second-order valence-electron chi connectivity index (χ2n) is 8.57. The summed E-state index contributed by atoms with van der Waals surface area (Å²) in [6, 6.07) is 2.53. The maximum Gasteiger partial charge on any atom is 0.194 e. The van der Waals surface area contributed by atoms with Crippen LogP contribution < -0.4 is 0 Å². The lowest BCUT2D eigenvalue weighted by Crippen LogP contribution is -2.57. The van der Waals surface area contributed by atoms with Crippen LogP contribution in [0.4, 0.5) is 13.2 Å². The van der Waals surface area contributed by atoms with Gasteiger partial charge in [-0.15, -0.1) is 5.10 Å². The number of hydrogen-bond donors (Lipinski definition) is 2. The maximum absolute atomic E-state index is 13.7. The predicted molar refractivity (Wildman–Crippen MR) is 111 cm³/mol. The summed E-state index contributed by atoms with van der Waals surface area (Å²) in [5.41, 5.74) is 0.619. The standard InChI is InChI=1S/C22H23F3N4O6/c1-32-22-17(5-12-4-16(35-27-12)11-8-33-9-11)34-18(7-30)21(31)20(22)29-6-15(26-28-29)10-2-13(23)19(25)14(24)3-10/h2-4,6,11,17-18,20-22,30-31H,5,7-9H2,1H3/t17-,18-,20+,21+,22+/m1/s1. The quantitative estimate of drug-likeness (QED) is 0.467. The minimum atomic E-state index is -1.59. The minimum absolute atomic E-state index is 0.0338. The number of aliphatic hydroxyl groups is 2. The van der Waals surface area contributed by atoms with Crippen LogP contribution >= 0.6 is 0 Å². The van der Waals surface area contributed by atoms with Gasteiger partial charge in [0.15, 0.2) is 17.5 Å². The average Bonchev–Trinajstić information content (AvgIpc) is 3.46. The Bertz CT molecular complexity index is 1160. The van der Waals surface area contributed by atoms with E-state index < -0.39 is 54.5 Å². The molecule has 5 atom stereocenters. The fourth-order valence-electron chi connectivity index (χ4n) is 4.41. The van der Waals surface area contributed by atoms with Crippen LogP contribution in [0.2, 0.25) is 0 Å². The Kier molecular flexibility index (Phi) is 6.59. The molecule has 0 spiro atoms. The van der Waals surface area contributed by atoms with Gasteiger partial charge in [-0.1, -0.05) is 10.4 Å². The van der Waals surface area contributed by atoms with E-state index in [1.54, 1.807) is 0 Å². The van der Waals surface area contributed by atoms with Gasteiger partial charge in [0, 0.05) is 25.2 Å². The molecule has 13 heteroatoms. The fourth-order valence-corrected chi connectivity index (χ4v) is 4.41. The molecule has 0 bridgehead atoms. The summed E-state index contributed by atoms with van der Waals surface area (Å²) in [4.78, 5) is 0. The summed E-state index contributed by atoms with van der Waals surface area (Å²) >= 11 is 0. The van der Waals surface area contributed by atoms with Gasteiger partial charge in [-0.05, 0) is 12.1 Å². The largest absolute Gasteiger partial charge is 0.394 e. The number of hydrogen-bond acceptors (Lipinski definition) is 9. The van der Waals surface area contributed by atoms with Crippen molar-refractivity contribution >= 4 is 0 Å². The van der Waals surface area contributed by atoms with Crippen molar-refractivity contribution in [1.82, 2.24) is 20.2 Å². The van der Waals surface area contributed by atoms with E-state index in [9.17, 15) is 23.4 Å². The van der Waals surface area contributed by atoms with Crippen LogP contribution in [0, 0.1) is 17.5 Å². The molecular weight excluding hydrogens is 473 g/mol. The topological polar surface area (TPSA) is 125 Å². The molecule has 4 heterocycles. The molecule has 2 saturated heterocycles. The second-order valence-corrected chi connectivity index (χ2v) is 8.57. The number of halogens is 3. The molecule has 35 heavy (non-hydrogen) atoms. The zero-order valence-electron chi connectivity index (χ0n) is 18.6. The third-order valence-electron chi connectivity index (χ3n) is 6.36. The van der Waals surface area contributed by atoms with E-state index in [0.29, 0.717) is 24.7 Å². The van der Waals surface area contributed by atoms with Crippen LogP contribution in [0.15, 0.2) is 28.9 Å². The lowest BCUT2D eigenvalue weighted by molar-refractivity contribution is -0.212. The van der Waals surface area contributed by atoms with Crippen molar-refractivity contribution in [3.05, 3.63) is 53.3 Å². The third kappa shape index (κ3) is 4.45. The van der Waals surface area contributed by atoms with Crippen LogP contribution in [0.3, 0.4) is 0 Å². The van der Waals surface area contributed by atoms with E-state index in [2.05, 4.69) is 15.5 Å². The first-order valence-electron chi connectivity index (χ1n) is 11.0. The van der Waals surface area contributed by atoms with Crippen LogP contribution in [-0.4, -0.2) is 81.7 Å². The molecule has 2 fully saturated rings. The van der Waals surface area contributed by atoms with Crippen molar-refractivity contribution in [2.45, 2.75) is 42.8 Å². The lowest BCUT2D eigenvalue weighted by atomic mass is 9.90. The molecule has 2 aliphatic rings. The molecule has 2 N–H and O–H groups in total. The molecule has 3 aromatic rings. The van der Waals surface area contributed by atoms with Crippen molar-refractivity contribution in [2.75, 3.05) is 26.9 Å². The smallest absolute Gasteiger partial charge is 0.194 e. The Morgan fingerprint density at radius 3 is 2.51 bits per heavy atom. The Hall–Kier alpha value is -2.84. The van der Waals surface area contributed by atoms with E-state index in [1.165, 1.54) is 18.0 Å². The van der Waals surface area contributed by atoms with Gasteiger partial charge in [-0.25, -0.2) is 17.9 Å². The van der Waals surface area contributed by atoms with Crippen molar-refractivity contribution in [1.29, 1.82) is 0 Å². The predicted octanol–water partition coefficient (Wildman–Crippen LogP) is 1.38. The van der Waals surface area contributed by atoms with Gasteiger partial charge in [0.05, 0.1) is 43.7 Å². The van der Waals surface area contributed by atoms with Crippen molar-refractivity contribution in [3.63, 3.8) is 0 Å². The molecule has 2 aromatic heterocycles. The second kappa shape index (κ2) is 9.66. The first-order chi connectivity index (χ1) is 16.9. The number of aliphatic hydroxyl groups excluding tert-OH is 2. The highest BCUT2D eigenvalue weighted by atomic mass is 19.2. The zero-order chi connectivity index (χ0) is 24.7. The highest BCUT2D eigenvalue weighted by Crippen LogP contribution is 2.34. The molecule has 0 radical (unpaired) electrons. The summed E-state index contributed by atoms with van der Waals surface area (Å²) in [5.74, 6) is -3.47. The molecule has 1 aromatic carbocycles. The maximum atomic E-state index is 13.7. The van der Waals surface area contributed by atoms with E-state index in [-0.39, 0.29) is 23.6 Å². The molecule has 0 aliphatic carbocycles. The first-order valence-corrected chi connectivity index (χ1v) is 11.0. The number of aromatic nitrogens is 4. The normalized spacial score (nSPS) is 27.2. The zero-order valence-corrected chi connectivity index (χ0v) is 18.6. The Labute approximate surface area is 197 Å². The van der Waals surface area contributed by atoms with Crippen LogP contribution in [-0.2, 0) is 20.6 Å². The number of nitrogens with zero attached hydrogens (tertiary/aromatic N) is 4. The van der Waals surface area contributed by atoms with E-state index in [4.69, 9.17) is 18.7 Å². The minimum Gasteiger partial charge on any atom is -0.394 e. The Morgan fingerprint density at radius 2 is 1.89 bits per heavy atom. The average molecular weight is 496 g/mol. The van der Waals surface area contributed by atoms with Gasteiger partial charge in [-0.2, -0.15) is 0 Å². The Balaban J connectivity index is 1.42. The van der Waals surface area contributed by atoms with E-state index in [0.717, 1.165) is 12.1 Å². The third-order valence-corrected chi connectivity index (χ3v) is 6.36. The van der Waals surface area contributed by atoms with Crippen LogP contribution in [0.25, 0.3) is 11.3 Å². The van der Waals surface area contributed by atoms with Gasteiger partial charge in [0.25, 0.3) is 0 Å². The summed E-state index contributed by atoms with van der Waals surface area (Å²) in [5, 5.41) is 32.8. The molecule has 0 saturated carbocycles. The molecule has 0 unspecified atom stereocenters. The van der Waals surface area contributed by atoms with Gasteiger partial charge >= 0.3 is 0 Å². The van der Waals surface area contributed by atoms with Crippen LogP contribution in [0.5, 0.6) is 0 Å². The summed E-state index contributed by atoms with van der Waals surface area (Å²) in [6.07, 6.45) is -2.04. The molecule has 0 amide bonds. The molecular formula is C22H23F3N4O6. The molecule has 10 nitrogen and oxygen atoms in total. The highest BCUT2D eigenvalue weighted by molar-refractivity contribution is 5.57. The fraction of sp³-hybridized carbons (Fsp3) is 0.500. The lowest BCUT2D eigenvalue weighted by Gasteiger charge is -2.43. The number of ether oxygens (including phenoxy) is 3. The van der Waals surface area contributed by atoms with Crippen molar-refractivity contribution in [2.24, 2.45) is 0 Å². The number of methoxy groups -OCH3 is 1.